The van der Waals surface area contributed by atoms with E-state index in [0.717, 1.165) is 25.0 Å². The van der Waals surface area contributed by atoms with Crippen LogP contribution in [0.3, 0.4) is 0 Å². The van der Waals surface area contributed by atoms with Crippen molar-refractivity contribution in [2.45, 2.75) is 57.0 Å². The predicted octanol–water partition coefficient (Wildman–Crippen LogP) is 4.07. The van der Waals surface area contributed by atoms with Gasteiger partial charge < -0.3 is 9.64 Å². The van der Waals surface area contributed by atoms with Crippen molar-refractivity contribution in [3.05, 3.63) is 0 Å². The zero-order valence-electron chi connectivity index (χ0n) is 12.1. The standard InChI is InChI=1S/C13H22F3NO2S/c1-12(2,3)20-8-10-6-4-5-7-17(10)11(18)19-9-13(14,15)16/h10H,4-9H2,1-3H3. The molecule has 1 saturated heterocycles. The molecule has 1 unspecified atom stereocenters. The van der Waals surface area contributed by atoms with Gasteiger partial charge in [-0.1, -0.05) is 20.8 Å². The van der Waals surface area contributed by atoms with Gasteiger partial charge in [0.1, 0.15) is 0 Å². The smallest absolute Gasteiger partial charge is 0.422 e. The molecule has 1 heterocycles. The minimum absolute atomic E-state index is 0.0336. The Morgan fingerprint density at radius 1 is 1.30 bits per heavy atom. The monoisotopic (exact) mass is 313 g/mol. The van der Waals surface area contributed by atoms with Crippen molar-refractivity contribution in [2.24, 2.45) is 0 Å². The maximum absolute atomic E-state index is 12.1. The zero-order valence-corrected chi connectivity index (χ0v) is 12.9. The summed E-state index contributed by atoms with van der Waals surface area (Å²) in [5.74, 6) is 0.727. The second-order valence-electron chi connectivity index (χ2n) is 5.94. The molecule has 0 radical (unpaired) electrons. The second-order valence-corrected chi connectivity index (χ2v) is 7.78. The average molecular weight is 313 g/mol. The molecule has 0 saturated carbocycles. The summed E-state index contributed by atoms with van der Waals surface area (Å²) in [6.07, 6.45) is -2.68. The second kappa shape index (κ2) is 6.91. The van der Waals surface area contributed by atoms with Crippen molar-refractivity contribution in [1.29, 1.82) is 0 Å². The van der Waals surface area contributed by atoms with Crippen LogP contribution in [0.1, 0.15) is 40.0 Å². The highest BCUT2D eigenvalue weighted by molar-refractivity contribution is 8.00. The molecule has 0 spiro atoms. The normalized spacial score (nSPS) is 20.9. The van der Waals surface area contributed by atoms with Crippen LogP contribution < -0.4 is 0 Å². The summed E-state index contributed by atoms with van der Waals surface area (Å²) < 4.78 is 40.7. The molecule has 20 heavy (non-hydrogen) atoms. The molecule has 7 heteroatoms. The molecule has 1 amide bonds. The van der Waals surface area contributed by atoms with Gasteiger partial charge in [-0.15, -0.1) is 0 Å². The number of likely N-dealkylation sites (tertiary alicyclic amines) is 1. The summed E-state index contributed by atoms with van der Waals surface area (Å²) in [6.45, 7) is 5.19. The van der Waals surface area contributed by atoms with Crippen molar-refractivity contribution in [3.63, 3.8) is 0 Å². The first-order valence-electron chi connectivity index (χ1n) is 6.72. The summed E-state index contributed by atoms with van der Waals surface area (Å²) in [6, 6.07) is -0.0336. The molecule has 0 aromatic carbocycles. The maximum Gasteiger partial charge on any atom is 0.422 e. The number of hydrogen-bond donors (Lipinski definition) is 0. The van der Waals surface area contributed by atoms with Crippen LogP contribution in [0.4, 0.5) is 18.0 Å². The molecule has 0 aromatic heterocycles. The van der Waals surface area contributed by atoms with Gasteiger partial charge in [-0.25, -0.2) is 4.79 Å². The van der Waals surface area contributed by atoms with Crippen LogP contribution in [-0.4, -0.2) is 46.9 Å². The molecule has 1 rings (SSSR count). The van der Waals surface area contributed by atoms with E-state index in [-0.39, 0.29) is 10.8 Å². The van der Waals surface area contributed by atoms with Crippen molar-refractivity contribution in [1.82, 2.24) is 4.90 Å². The number of ether oxygens (including phenoxy) is 1. The number of carbonyl (C=O) groups is 1. The molecule has 1 fully saturated rings. The van der Waals surface area contributed by atoms with Crippen LogP contribution in [-0.2, 0) is 4.74 Å². The highest BCUT2D eigenvalue weighted by atomic mass is 32.2. The summed E-state index contributed by atoms with van der Waals surface area (Å²) >= 11 is 1.71. The minimum atomic E-state index is -4.47. The van der Waals surface area contributed by atoms with Gasteiger partial charge >= 0.3 is 12.3 Å². The van der Waals surface area contributed by atoms with Gasteiger partial charge in [0.15, 0.2) is 6.61 Å². The van der Waals surface area contributed by atoms with E-state index in [4.69, 9.17) is 0 Å². The van der Waals surface area contributed by atoms with Gasteiger partial charge in [-0.3, -0.25) is 0 Å². The van der Waals surface area contributed by atoms with E-state index in [9.17, 15) is 18.0 Å². The lowest BCUT2D eigenvalue weighted by Gasteiger charge is -2.36. The lowest BCUT2D eigenvalue weighted by atomic mass is 10.0. The Bertz CT molecular complexity index is 329. The lowest BCUT2D eigenvalue weighted by Crippen LogP contribution is -2.46. The van der Waals surface area contributed by atoms with Crippen LogP contribution in [0.25, 0.3) is 0 Å². The Morgan fingerprint density at radius 2 is 1.95 bits per heavy atom. The Labute approximate surface area is 122 Å². The molecule has 3 nitrogen and oxygen atoms in total. The van der Waals surface area contributed by atoms with E-state index in [0.29, 0.717) is 6.54 Å². The zero-order chi connectivity index (χ0) is 15.4. The van der Waals surface area contributed by atoms with Crippen LogP contribution in [0.15, 0.2) is 0 Å². The van der Waals surface area contributed by atoms with E-state index in [1.807, 2.05) is 0 Å². The largest absolute Gasteiger partial charge is 0.440 e. The highest BCUT2D eigenvalue weighted by Gasteiger charge is 2.33. The molecule has 1 aliphatic rings. The maximum atomic E-state index is 12.1. The van der Waals surface area contributed by atoms with E-state index in [1.54, 1.807) is 11.8 Å². The molecular weight excluding hydrogens is 291 g/mol. The van der Waals surface area contributed by atoms with Crippen LogP contribution in [0.2, 0.25) is 0 Å². The molecular formula is C13H22F3NO2S. The van der Waals surface area contributed by atoms with E-state index < -0.39 is 18.9 Å². The van der Waals surface area contributed by atoms with Gasteiger partial charge in [0, 0.05) is 23.1 Å². The Balaban J connectivity index is 2.52. The fraction of sp³-hybridized carbons (Fsp3) is 0.923. The average Bonchev–Trinajstić information content (AvgIpc) is 2.32. The Kier molecular flexibility index (Phi) is 6.04. The summed E-state index contributed by atoms with van der Waals surface area (Å²) in [5, 5.41) is 0. The third kappa shape index (κ3) is 6.72. The quantitative estimate of drug-likeness (QED) is 0.786. The molecule has 118 valence electrons. The number of alkyl halides is 3. The molecule has 0 bridgehead atoms. The summed E-state index contributed by atoms with van der Waals surface area (Å²) in [4.78, 5) is 13.2. The van der Waals surface area contributed by atoms with Crippen molar-refractivity contribution in [2.75, 3.05) is 18.9 Å². The highest BCUT2D eigenvalue weighted by Crippen LogP contribution is 2.29. The van der Waals surface area contributed by atoms with Gasteiger partial charge in [0.05, 0.1) is 0 Å². The van der Waals surface area contributed by atoms with Crippen molar-refractivity contribution < 1.29 is 22.7 Å². The first-order valence-corrected chi connectivity index (χ1v) is 7.71. The third-order valence-corrected chi connectivity index (χ3v) is 4.35. The fourth-order valence-electron chi connectivity index (χ4n) is 1.99. The van der Waals surface area contributed by atoms with Crippen LogP contribution >= 0.6 is 11.8 Å². The van der Waals surface area contributed by atoms with E-state index in [2.05, 4.69) is 25.5 Å². The number of nitrogens with zero attached hydrogens (tertiary/aromatic N) is 1. The number of piperidine rings is 1. The number of hydrogen-bond acceptors (Lipinski definition) is 3. The molecule has 1 atom stereocenters. The minimum Gasteiger partial charge on any atom is -0.440 e. The van der Waals surface area contributed by atoms with Crippen molar-refractivity contribution in [3.8, 4) is 0 Å². The number of carbonyl (C=O) groups excluding carboxylic acids is 1. The van der Waals surface area contributed by atoms with Crippen LogP contribution in [0.5, 0.6) is 0 Å². The third-order valence-electron chi connectivity index (χ3n) is 2.93. The summed E-state index contributed by atoms with van der Waals surface area (Å²) in [5.41, 5.74) is 0. The lowest BCUT2D eigenvalue weighted by molar-refractivity contribution is -0.163. The Morgan fingerprint density at radius 3 is 2.50 bits per heavy atom. The molecule has 1 aliphatic heterocycles. The first kappa shape index (κ1) is 17.5. The number of amides is 1. The SMILES string of the molecule is CC(C)(C)SCC1CCCCN1C(=O)OCC(F)(F)F. The molecule has 0 aromatic rings. The molecule has 0 N–H and O–H groups in total. The molecule has 0 aliphatic carbocycles. The number of rotatable bonds is 3. The van der Waals surface area contributed by atoms with Gasteiger partial charge in [-0.05, 0) is 19.3 Å². The fourth-order valence-corrected chi connectivity index (χ4v) is 3.03. The number of thioether (sulfide) groups is 1. The van der Waals surface area contributed by atoms with Crippen LogP contribution in [0, 0.1) is 0 Å². The van der Waals surface area contributed by atoms with E-state index in [1.165, 1.54) is 4.90 Å². The summed E-state index contributed by atoms with van der Waals surface area (Å²) in [7, 11) is 0. The van der Waals surface area contributed by atoms with Gasteiger partial charge in [0.2, 0.25) is 0 Å². The van der Waals surface area contributed by atoms with Crippen molar-refractivity contribution >= 4 is 17.9 Å². The first-order chi connectivity index (χ1) is 9.08. The predicted molar refractivity (Wildman–Crippen MR) is 74.0 cm³/mol. The van der Waals surface area contributed by atoms with Gasteiger partial charge in [-0.2, -0.15) is 24.9 Å². The van der Waals surface area contributed by atoms with Gasteiger partial charge in [0.25, 0.3) is 0 Å². The van der Waals surface area contributed by atoms with E-state index >= 15 is 0 Å². The Hall–Kier alpha value is -0.590. The topological polar surface area (TPSA) is 29.5 Å². The number of halogens is 3.